The van der Waals surface area contributed by atoms with Gasteiger partial charge >= 0.3 is 0 Å². The van der Waals surface area contributed by atoms with E-state index >= 15 is 0 Å². The molecule has 0 unspecified atom stereocenters. The Hall–Kier alpha value is -2.83. The first-order valence-electron chi connectivity index (χ1n) is 10.4. The standard InChI is InChI=1S/C25H27ClN2O3S/c1-17(2)15-23(19-10-5-4-6-11-19)27-25(29)20-13-14-21(26)24(16-20)32(30,31)28-22-12-8-7-9-18(22)3/h4-14,16-17,23,28H,15H2,1-3H3,(H,27,29)/t23-/m1/s1. The van der Waals surface area contributed by atoms with Crippen LogP contribution >= 0.6 is 11.6 Å². The number of para-hydroxylation sites is 1. The zero-order valence-electron chi connectivity index (χ0n) is 18.3. The van der Waals surface area contributed by atoms with E-state index in [4.69, 9.17) is 11.6 Å². The van der Waals surface area contributed by atoms with Crippen LogP contribution in [-0.4, -0.2) is 14.3 Å². The third-order valence-electron chi connectivity index (χ3n) is 5.09. The highest BCUT2D eigenvalue weighted by Crippen LogP contribution is 2.27. The summed E-state index contributed by atoms with van der Waals surface area (Å²) in [7, 11) is -3.98. The van der Waals surface area contributed by atoms with E-state index in [1.165, 1.54) is 18.2 Å². The number of sulfonamides is 1. The molecule has 0 aliphatic heterocycles. The number of benzene rings is 3. The fraction of sp³-hybridized carbons (Fsp3) is 0.240. The van der Waals surface area contributed by atoms with Crippen LogP contribution in [0.4, 0.5) is 5.69 Å². The molecule has 3 aromatic rings. The van der Waals surface area contributed by atoms with Crippen LogP contribution in [0.25, 0.3) is 0 Å². The first kappa shape index (κ1) is 23.8. The molecule has 168 valence electrons. The van der Waals surface area contributed by atoms with Crippen molar-refractivity contribution < 1.29 is 13.2 Å². The van der Waals surface area contributed by atoms with E-state index in [0.717, 1.165) is 17.5 Å². The Morgan fingerprint density at radius 1 is 0.969 bits per heavy atom. The van der Waals surface area contributed by atoms with Gasteiger partial charge in [0.1, 0.15) is 4.90 Å². The molecular weight excluding hydrogens is 444 g/mol. The molecule has 0 saturated carbocycles. The van der Waals surface area contributed by atoms with Crippen LogP contribution in [0.1, 0.15) is 47.8 Å². The number of anilines is 1. The molecule has 0 spiro atoms. The van der Waals surface area contributed by atoms with Crippen molar-refractivity contribution in [2.45, 2.75) is 38.1 Å². The molecule has 3 rings (SSSR count). The molecule has 32 heavy (non-hydrogen) atoms. The molecular formula is C25H27ClN2O3S. The van der Waals surface area contributed by atoms with Crippen molar-refractivity contribution in [2.24, 2.45) is 5.92 Å². The molecule has 3 aromatic carbocycles. The fourth-order valence-electron chi connectivity index (χ4n) is 3.41. The third kappa shape index (κ3) is 5.90. The predicted octanol–water partition coefficient (Wildman–Crippen LogP) is 5.97. The summed E-state index contributed by atoms with van der Waals surface area (Å²) in [5.41, 5.74) is 2.46. The number of hydrogen-bond acceptors (Lipinski definition) is 3. The normalized spacial score (nSPS) is 12.4. The predicted molar refractivity (Wildman–Crippen MR) is 130 cm³/mol. The molecule has 0 heterocycles. The van der Waals surface area contributed by atoms with Gasteiger partial charge in [0.05, 0.1) is 16.8 Å². The van der Waals surface area contributed by atoms with Gasteiger partial charge in [-0.25, -0.2) is 8.42 Å². The Bertz CT molecular complexity index is 1190. The first-order valence-corrected chi connectivity index (χ1v) is 12.3. The minimum atomic E-state index is -3.98. The molecule has 0 fully saturated rings. The second kappa shape index (κ2) is 10.2. The Morgan fingerprint density at radius 2 is 1.62 bits per heavy atom. The number of hydrogen-bond donors (Lipinski definition) is 2. The minimum absolute atomic E-state index is 0.0458. The van der Waals surface area contributed by atoms with Crippen LogP contribution in [0.3, 0.4) is 0 Å². The maximum atomic E-state index is 13.0. The molecule has 1 atom stereocenters. The van der Waals surface area contributed by atoms with Gasteiger partial charge in [0, 0.05) is 5.56 Å². The highest BCUT2D eigenvalue weighted by atomic mass is 35.5. The van der Waals surface area contributed by atoms with E-state index in [1.807, 2.05) is 49.4 Å². The van der Waals surface area contributed by atoms with Gasteiger partial charge in [-0.2, -0.15) is 0 Å². The molecule has 0 aromatic heterocycles. The summed E-state index contributed by atoms with van der Waals surface area (Å²) in [6.07, 6.45) is 0.753. The average Bonchev–Trinajstić information content (AvgIpc) is 2.75. The van der Waals surface area contributed by atoms with Gasteiger partial charge in [-0.3, -0.25) is 9.52 Å². The average molecular weight is 471 g/mol. The number of amides is 1. The molecule has 0 aliphatic carbocycles. The summed E-state index contributed by atoms with van der Waals surface area (Å²) in [5.74, 6) is 0.00323. The van der Waals surface area contributed by atoms with E-state index < -0.39 is 10.0 Å². The molecule has 0 saturated heterocycles. The number of nitrogens with one attached hydrogen (secondary N) is 2. The Labute approximate surface area is 194 Å². The molecule has 7 heteroatoms. The van der Waals surface area contributed by atoms with Crippen molar-refractivity contribution in [1.82, 2.24) is 5.32 Å². The molecule has 5 nitrogen and oxygen atoms in total. The summed E-state index contributed by atoms with van der Waals surface area (Å²) >= 11 is 6.21. The van der Waals surface area contributed by atoms with Crippen molar-refractivity contribution in [3.63, 3.8) is 0 Å². The smallest absolute Gasteiger partial charge is 0.263 e. The summed E-state index contributed by atoms with van der Waals surface area (Å²) in [4.78, 5) is 12.9. The number of carbonyl (C=O) groups excluding carboxylic acids is 1. The van der Waals surface area contributed by atoms with Gasteiger partial charge in [-0.15, -0.1) is 0 Å². The highest BCUT2D eigenvalue weighted by Gasteiger charge is 2.23. The van der Waals surface area contributed by atoms with E-state index in [9.17, 15) is 13.2 Å². The first-order chi connectivity index (χ1) is 15.2. The highest BCUT2D eigenvalue weighted by molar-refractivity contribution is 7.92. The van der Waals surface area contributed by atoms with Crippen LogP contribution in [0, 0.1) is 12.8 Å². The van der Waals surface area contributed by atoms with Crippen molar-refractivity contribution >= 4 is 33.2 Å². The SMILES string of the molecule is Cc1ccccc1NS(=O)(=O)c1cc(C(=O)N[C@H](CC(C)C)c2ccccc2)ccc1Cl. The lowest BCUT2D eigenvalue weighted by Crippen LogP contribution is -2.29. The summed E-state index contributed by atoms with van der Waals surface area (Å²) in [6.45, 7) is 5.99. The maximum absolute atomic E-state index is 13.0. The quantitative estimate of drug-likeness (QED) is 0.426. The lowest BCUT2D eigenvalue weighted by atomic mass is 9.96. The molecule has 0 aliphatic rings. The number of rotatable bonds is 8. The molecule has 0 radical (unpaired) electrons. The Balaban J connectivity index is 1.88. The van der Waals surface area contributed by atoms with Crippen molar-refractivity contribution in [3.8, 4) is 0 Å². The van der Waals surface area contributed by atoms with E-state index in [2.05, 4.69) is 23.9 Å². The summed E-state index contributed by atoms with van der Waals surface area (Å²) < 4.78 is 28.6. The lowest BCUT2D eigenvalue weighted by molar-refractivity contribution is 0.0931. The molecule has 0 bridgehead atoms. The van der Waals surface area contributed by atoms with Crippen molar-refractivity contribution in [3.05, 3.63) is 94.5 Å². The Kier molecular flexibility index (Phi) is 7.59. The number of aryl methyl sites for hydroxylation is 1. The lowest BCUT2D eigenvalue weighted by Gasteiger charge is -2.21. The maximum Gasteiger partial charge on any atom is 0.263 e. The second-order valence-corrected chi connectivity index (χ2v) is 10.2. The number of halogens is 1. The second-order valence-electron chi connectivity index (χ2n) is 8.13. The van der Waals surface area contributed by atoms with Gasteiger partial charge < -0.3 is 5.32 Å². The van der Waals surface area contributed by atoms with Crippen LogP contribution in [-0.2, 0) is 10.0 Å². The molecule has 1 amide bonds. The van der Waals surface area contributed by atoms with Crippen LogP contribution < -0.4 is 10.0 Å². The Morgan fingerprint density at radius 3 is 2.28 bits per heavy atom. The largest absolute Gasteiger partial charge is 0.345 e. The van der Waals surface area contributed by atoms with E-state index in [-0.39, 0.29) is 27.4 Å². The van der Waals surface area contributed by atoms with Gasteiger partial charge in [0.15, 0.2) is 0 Å². The number of carbonyl (C=O) groups is 1. The monoisotopic (exact) mass is 470 g/mol. The van der Waals surface area contributed by atoms with Crippen molar-refractivity contribution in [1.29, 1.82) is 0 Å². The fourth-order valence-corrected chi connectivity index (χ4v) is 5.07. The summed E-state index contributed by atoms with van der Waals surface area (Å²) in [5, 5.41) is 3.09. The van der Waals surface area contributed by atoms with E-state index in [0.29, 0.717) is 11.6 Å². The van der Waals surface area contributed by atoms with E-state index in [1.54, 1.807) is 12.1 Å². The van der Waals surface area contributed by atoms with Crippen molar-refractivity contribution in [2.75, 3.05) is 4.72 Å². The molecule has 2 N–H and O–H groups in total. The van der Waals surface area contributed by atoms with Gasteiger partial charge in [-0.1, -0.05) is 74.0 Å². The topological polar surface area (TPSA) is 75.3 Å². The third-order valence-corrected chi connectivity index (χ3v) is 6.93. The zero-order valence-corrected chi connectivity index (χ0v) is 19.9. The minimum Gasteiger partial charge on any atom is -0.345 e. The van der Waals surface area contributed by atoms with Crippen LogP contribution in [0.15, 0.2) is 77.7 Å². The zero-order chi connectivity index (χ0) is 23.3. The van der Waals surface area contributed by atoms with Gasteiger partial charge in [-0.05, 0) is 54.7 Å². The summed E-state index contributed by atoms with van der Waals surface area (Å²) in [6, 6.07) is 20.9. The van der Waals surface area contributed by atoms with Crippen LogP contribution in [0.5, 0.6) is 0 Å². The van der Waals surface area contributed by atoms with Crippen LogP contribution in [0.2, 0.25) is 5.02 Å². The van der Waals surface area contributed by atoms with Gasteiger partial charge in [0.25, 0.3) is 15.9 Å². The van der Waals surface area contributed by atoms with Gasteiger partial charge in [0.2, 0.25) is 0 Å².